The third-order valence-electron chi connectivity index (χ3n) is 3.46. The molecule has 0 saturated carbocycles. The Labute approximate surface area is 150 Å². The topological polar surface area (TPSA) is 90.1 Å². The van der Waals surface area contributed by atoms with Gasteiger partial charge in [-0.25, -0.2) is 4.98 Å². The average Bonchev–Trinajstić information content (AvgIpc) is 2.91. The van der Waals surface area contributed by atoms with Crippen LogP contribution in [0, 0.1) is 10.1 Å². The number of nitro groups is 1. The number of alkyl halides is 2. The largest absolute Gasteiger partial charge is 0.324 e. The van der Waals surface area contributed by atoms with Crippen LogP contribution >= 0.6 is 11.8 Å². The van der Waals surface area contributed by atoms with E-state index in [-0.39, 0.29) is 34.8 Å². The third kappa shape index (κ3) is 3.97. The summed E-state index contributed by atoms with van der Waals surface area (Å²) >= 11 is 0.255. The van der Waals surface area contributed by atoms with Gasteiger partial charge in [-0.3, -0.25) is 14.9 Å². The Hall–Kier alpha value is -3.01. The number of fused-ring (bicyclic) bond motifs is 1. The minimum absolute atomic E-state index is 0.0235. The van der Waals surface area contributed by atoms with Crippen molar-refractivity contribution in [3.8, 4) is 0 Å². The van der Waals surface area contributed by atoms with Gasteiger partial charge in [0.2, 0.25) is 5.91 Å². The van der Waals surface area contributed by atoms with Crippen molar-refractivity contribution in [2.45, 2.75) is 17.5 Å². The van der Waals surface area contributed by atoms with E-state index < -0.39 is 16.6 Å². The number of non-ortho nitro benzene ring substituents is 1. The molecule has 0 saturated heterocycles. The second-order valence-electron chi connectivity index (χ2n) is 5.20. The van der Waals surface area contributed by atoms with Crippen molar-refractivity contribution < 1.29 is 18.5 Å². The molecule has 26 heavy (non-hydrogen) atoms. The zero-order valence-electron chi connectivity index (χ0n) is 13.1. The Kier molecular flexibility index (Phi) is 5.12. The average molecular weight is 378 g/mol. The van der Waals surface area contributed by atoms with E-state index in [1.807, 2.05) is 0 Å². The Balaban J connectivity index is 1.85. The zero-order chi connectivity index (χ0) is 18.7. The second kappa shape index (κ2) is 7.48. The van der Waals surface area contributed by atoms with Gasteiger partial charge in [0, 0.05) is 17.8 Å². The fourth-order valence-electron chi connectivity index (χ4n) is 2.42. The summed E-state index contributed by atoms with van der Waals surface area (Å²) in [4.78, 5) is 26.7. The number of amides is 1. The van der Waals surface area contributed by atoms with Crippen LogP contribution < -0.4 is 5.32 Å². The predicted molar refractivity (Wildman–Crippen MR) is 93.3 cm³/mol. The molecule has 0 aliphatic carbocycles. The number of halogens is 2. The first-order valence-corrected chi connectivity index (χ1v) is 8.26. The summed E-state index contributed by atoms with van der Waals surface area (Å²) in [5.74, 6) is -3.19. The van der Waals surface area contributed by atoms with Crippen LogP contribution in [0.4, 0.5) is 20.2 Å². The summed E-state index contributed by atoms with van der Waals surface area (Å²) in [6, 6.07) is 12.3. The van der Waals surface area contributed by atoms with Gasteiger partial charge in [0.15, 0.2) is 5.16 Å². The SMILES string of the molecule is O=C(Cn1c(SC(F)F)nc2ccccc21)Nc1cccc([N+](=O)[O-])c1. The number of hydrogen-bond donors (Lipinski definition) is 1. The number of anilines is 1. The number of imidazole rings is 1. The van der Waals surface area contributed by atoms with Crippen molar-refractivity contribution >= 4 is 40.1 Å². The highest BCUT2D eigenvalue weighted by molar-refractivity contribution is 7.99. The molecule has 7 nitrogen and oxygen atoms in total. The fourth-order valence-corrected chi connectivity index (χ4v) is 3.02. The molecule has 0 fully saturated rings. The number of nitro benzene ring substituents is 1. The standard InChI is InChI=1S/C16H12F2N4O3S/c17-15(18)26-16-20-12-6-1-2-7-13(12)21(16)9-14(23)19-10-4-3-5-11(8-10)22(24)25/h1-8,15H,9H2,(H,19,23). The summed E-state index contributed by atoms with van der Waals surface area (Å²) in [6.07, 6.45) is 0. The van der Waals surface area contributed by atoms with Crippen LogP contribution in [0.25, 0.3) is 11.0 Å². The normalized spacial score (nSPS) is 11.0. The number of carbonyl (C=O) groups excluding carboxylic acids is 1. The molecule has 0 atom stereocenters. The van der Waals surface area contributed by atoms with Crippen LogP contribution in [-0.2, 0) is 11.3 Å². The molecule has 0 spiro atoms. The van der Waals surface area contributed by atoms with Crippen molar-refractivity contribution in [1.82, 2.24) is 9.55 Å². The van der Waals surface area contributed by atoms with Crippen LogP contribution in [-0.4, -0.2) is 26.1 Å². The highest BCUT2D eigenvalue weighted by Gasteiger charge is 2.18. The summed E-state index contributed by atoms with van der Waals surface area (Å²) in [7, 11) is 0. The molecule has 2 aromatic carbocycles. The van der Waals surface area contributed by atoms with Gasteiger partial charge in [-0.05, 0) is 30.0 Å². The maximum atomic E-state index is 12.8. The number of rotatable bonds is 6. The number of thioether (sulfide) groups is 1. The maximum Gasteiger partial charge on any atom is 0.291 e. The van der Waals surface area contributed by atoms with Gasteiger partial charge in [-0.1, -0.05) is 18.2 Å². The molecule has 134 valence electrons. The second-order valence-corrected chi connectivity index (χ2v) is 6.16. The van der Waals surface area contributed by atoms with E-state index in [1.54, 1.807) is 24.3 Å². The third-order valence-corrected chi connectivity index (χ3v) is 4.16. The lowest BCUT2D eigenvalue weighted by atomic mass is 10.3. The number of aromatic nitrogens is 2. The van der Waals surface area contributed by atoms with Crippen molar-refractivity contribution in [1.29, 1.82) is 0 Å². The van der Waals surface area contributed by atoms with E-state index in [0.717, 1.165) is 0 Å². The van der Waals surface area contributed by atoms with Gasteiger partial charge in [-0.15, -0.1) is 0 Å². The molecule has 1 N–H and O–H groups in total. The molecule has 10 heteroatoms. The molecule has 0 bridgehead atoms. The van der Waals surface area contributed by atoms with Crippen LogP contribution in [0.5, 0.6) is 0 Å². The van der Waals surface area contributed by atoms with Crippen molar-refractivity contribution in [2.75, 3.05) is 5.32 Å². The smallest absolute Gasteiger partial charge is 0.291 e. The number of nitrogens with zero attached hydrogens (tertiary/aromatic N) is 3. The molecule has 1 aromatic heterocycles. The quantitative estimate of drug-likeness (QED) is 0.399. The molecule has 1 heterocycles. The Bertz CT molecular complexity index is 977. The molecule has 3 rings (SSSR count). The number of nitrogens with one attached hydrogen (secondary N) is 1. The summed E-state index contributed by atoms with van der Waals surface area (Å²) in [5.41, 5.74) is 1.13. The fraction of sp³-hybridized carbons (Fsp3) is 0.125. The van der Waals surface area contributed by atoms with Crippen molar-refractivity contribution in [3.05, 3.63) is 58.6 Å². The first kappa shape index (κ1) is 17.8. The number of carbonyl (C=O) groups is 1. The van der Waals surface area contributed by atoms with E-state index in [4.69, 9.17) is 0 Å². The van der Waals surface area contributed by atoms with Gasteiger partial charge in [0.05, 0.1) is 16.0 Å². The lowest BCUT2D eigenvalue weighted by molar-refractivity contribution is -0.384. The minimum atomic E-state index is -2.68. The van der Waals surface area contributed by atoms with Crippen LogP contribution in [0.2, 0.25) is 0 Å². The Morgan fingerprint density at radius 3 is 2.77 bits per heavy atom. The predicted octanol–water partition coefficient (Wildman–Crippen LogP) is 3.90. The van der Waals surface area contributed by atoms with Crippen molar-refractivity contribution in [3.63, 3.8) is 0 Å². The summed E-state index contributed by atoms with van der Waals surface area (Å²) in [6.45, 7) is -0.252. The molecule has 3 aromatic rings. The van der Waals surface area contributed by atoms with Crippen LogP contribution in [0.15, 0.2) is 53.7 Å². The molecule has 0 unspecified atom stereocenters. The van der Waals surface area contributed by atoms with Gasteiger partial charge < -0.3 is 9.88 Å². The van der Waals surface area contributed by atoms with E-state index in [1.165, 1.54) is 28.8 Å². The maximum absolute atomic E-state index is 12.8. The van der Waals surface area contributed by atoms with Gasteiger partial charge in [0.1, 0.15) is 6.54 Å². The lowest BCUT2D eigenvalue weighted by Crippen LogP contribution is -2.19. The van der Waals surface area contributed by atoms with Crippen molar-refractivity contribution in [2.24, 2.45) is 0 Å². The molecule has 0 aliphatic rings. The van der Waals surface area contributed by atoms with Gasteiger partial charge in [0.25, 0.3) is 11.4 Å². The summed E-state index contributed by atoms with van der Waals surface area (Å²) < 4.78 is 26.9. The van der Waals surface area contributed by atoms with E-state index >= 15 is 0 Å². The van der Waals surface area contributed by atoms with E-state index in [0.29, 0.717) is 11.0 Å². The number of para-hydroxylation sites is 2. The zero-order valence-corrected chi connectivity index (χ0v) is 14.0. The van der Waals surface area contributed by atoms with Gasteiger partial charge >= 0.3 is 0 Å². The summed E-state index contributed by atoms with van der Waals surface area (Å²) in [5, 5.41) is 13.4. The minimum Gasteiger partial charge on any atom is -0.324 e. The first-order chi connectivity index (χ1) is 12.4. The molecule has 0 radical (unpaired) electrons. The monoisotopic (exact) mass is 378 g/mol. The highest BCUT2D eigenvalue weighted by atomic mass is 32.2. The molecule has 1 amide bonds. The number of benzene rings is 2. The number of hydrogen-bond acceptors (Lipinski definition) is 5. The molecular formula is C16H12F2N4O3S. The first-order valence-electron chi connectivity index (χ1n) is 7.38. The van der Waals surface area contributed by atoms with Gasteiger partial charge in [-0.2, -0.15) is 8.78 Å². The molecule has 0 aliphatic heterocycles. The lowest BCUT2D eigenvalue weighted by Gasteiger charge is -2.09. The van der Waals surface area contributed by atoms with E-state index in [9.17, 15) is 23.7 Å². The van der Waals surface area contributed by atoms with Crippen LogP contribution in [0.3, 0.4) is 0 Å². The van der Waals surface area contributed by atoms with E-state index in [2.05, 4.69) is 10.3 Å². The van der Waals surface area contributed by atoms with Crippen LogP contribution in [0.1, 0.15) is 0 Å². The molecular weight excluding hydrogens is 366 g/mol. The Morgan fingerprint density at radius 1 is 1.27 bits per heavy atom. The highest BCUT2D eigenvalue weighted by Crippen LogP contribution is 2.28. The Morgan fingerprint density at radius 2 is 2.04 bits per heavy atom.